The van der Waals surface area contributed by atoms with Crippen molar-refractivity contribution < 1.29 is 4.79 Å². The predicted octanol–water partition coefficient (Wildman–Crippen LogP) is 4.62. The van der Waals surface area contributed by atoms with Gasteiger partial charge in [0.05, 0.1) is 5.56 Å². The number of amides is 1. The number of benzene rings is 1. The normalized spacial score (nSPS) is 23.9. The van der Waals surface area contributed by atoms with Gasteiger partial charge in [0.2, 0.25) is 0 Å². The van der Waals surface area contributed by atoms with E-state index in [0.717, 1.165) is 41.9 Å². The van der Waals surface area contributed by atoms with Crippen molar-refractivity contribution in [1.82, 2.24) is 9.47 Å². The van der Waals surface area contributed by atoms with Crippen LogP contribution in [0, 0.1) is 5.92 Å². The molecule has 1 aromatic carbocycles. The predicted molar refractivity (Wildman–Crippen MR) is 98.2 cm³/mol. The SMILES string of the molecule is C=CCn1cc(C(=O)N2CCC[C@@H]3CCCC[C@@H]32)c2ccccc21. The van der Waals surface area contributed by atoms with Crippen LogP contribution in [0.25, 0.3) is 10.9 Å². The van der Waals surface area contributed by atoms with E-state index in [1.165, 1.54) is 32.1 Å². The van der Waals surface area contributed by atoms with E-state index < -0.39 is 0 Å². The maximum absolute atomic E-state index is 13.4. The van der Waals surface area contributed by atoms with Gasteiger partial charge in [0.15, 0.2) is 0 Å². The standard InChI is InChI=1S/C21H26N2O/c1-2-13-22-15-18(17-10-4-6-12-20(17)22)21(24)23-14-7-9-16-8-3-5-11-19(16)23/h2,4,6,10,12,15-16,19H,1,3,5,7-9,11,13-14H2/t16-,19-/m0/s1. The number of carbonyl (C=O) groups excluding carboxylic acids is 1. The molecule has 0 radical (unpaired) electrons. The third-order valence-electron chi connectivity index (χ3n) is 5.85. The maximum atomic E-state index is 13.4. The molecule has 3 heteroatoms. The van der Waals surface area contributed by atoms with Crippen LogP contribution in [0.15, 0.2) is 43.1 Å². The molecule has 1 saturated heterocycles. The molecule has 0 spiro atoms. The van der Waals surface area contributed by atoms with Gasteiger partial charge < -0.3 is 9.47 Å². The average Bonchev–Trinajstić information content (AvgIpc) is 3.00. The molecular formula is C21H26N2O. The Morgan fingerprint density at radius 1 is 1.17 bits per heavy atom. The first-order chi connectivity index (χ1) is 11.8. The fourth-order valence-electron chi connectivity index (χ4n) is 4.74. The highest BCUT2D eigenvalue weighted by Crippen LogP contribution is 2.36. The number of para-hydroxylation sites is 1. The van der Waals surface area contributed by atoms with Crippen LogP contribution in [-0.4, -0.2) is 28.0 Å². The van der Waals surface area contributed by atoms with Crippen LogP contribution in [0.5, 0.6) is 0 Å². The summed E-state index contributed by atoms with van der Waals surface area (Å²) in [5, 5.41) is 1.07. The number of carbonyl (C=O) groups is 1. The highest BCUT2D eigenvalue weighted by Gasteiger charge is 2.36. The lowest BCUT2D eigenvalue weighted by atomic mass is 9.78. The van der Waals surface area contributed by atoms with Crippen molar-refractivity contribution >= 4 is 16.8 Å². The van der Waals surface area contributed by atoms with Crippen molar-refractivity contribution in [2.45, 2.75) is 51.1 Å². The van der Waals surface area contributed by atoms with Gasteiger partial charge in [-0.2, -0.15) is 0 Å². The minimum absolute atomic E-state index is 0.227. The molecule has 126 valence electrons. The summed E-state index contributed by atoms with van der Waals surface area (Å²) in [5.41, 5.74) is 1.98. The number of hydrogen-bond acceptors (Lipinski definition) is 1. The minimum atomic E-state index is 0.227. The van der Waals surface area contributed by atoms with Gasteiger partial charge in [-0.3, -0.25) is 4.79 Å². The van der Waals surface area contributed by atoms with E-state index in [0.29, 0.717) is 6.04 Å². The highest BCUT2D eigenvalue weighted by molar-refractivity contribution is 6.07. The first kappa shape index (κ1) is 15.5. The summed E-state index contributed by atoms with van der Waals surface area (Å²) in [4.78, 5) is 15.6. The Kier molecular flexibility index (Phi) is 4.17. The summed E-state index contributed by atoms with van der Waals surface area (Å²) in [7, 11) is 0. The van der Waals surface area contributed by atoms with E-state index in [1.54, 1.807) is 0 Å². The summed E-state index contributed by atoms with van der Waals surface area (Å²) >= 11 is 0. The molecule has 0 unspecified atom stereocenters. The number of likely N-dealkylation sites (tertiary alicyclic amines) is 1. The molecule has 1 aliphatic heterocycles. The smallest absolute Gasteiger partial charge is 0.256 e. The Bertz CT molecular complexity index is 758. The fourth-order valence-corrected chi connectivity index (χ4v) is 4.74. The summed E-state index contributed by atoms with van der Waals surface area (Å²) in [6.07, 6.45) is 11.4. The van der Waals surface area contributed by atoms with Gasteiger partial charge >= 0.3 is 0 Å². The van der Waals surface area contributed by atoms with Crippen molar-refractivity contribution in [3.63, 3.8) is 0 Å². The molecule has 1 aliphatic carbocycles. The van der Waals surface area contributed by atoms with E-state index in [-0.39, 0.29) is 5.91 Å². The molecule has 2 heterocycles. The second-order valence-corrected chi connectivity index (χ2v) is 7.25. The third kappa shape index (κ3) is 2.56. The fraction of sp³-hybridized carbons (Fsp3) is 0.476. The number of fused-ring (bicyclic) bond motifs is 2. The lowest BCUT2D eigenvalue weighted by Crippen LogP contribution is -2.49. The van der Waals surface area contributed by atoms with Crippen molar-refractivity contribution in [3.8, 4) is 0 Å². The summed E-state index contributed by atoms with van der Waals surface area (Å²) in [6, 6.07) is 8.69. The zero-order valence-corrected chi connectivity index (χ0v) is 14.3. The van der Waals surface area contributed by atoms with Crippen molar-refractivity contribution in [3.05, 3.63) is 48.7 Å². The van der Waals surface area contributed by atoms with Gasteiger partial charge in [0.25, 0.3) is 5.91 Å². The van der Waals surface area contributed by atoms with Gasteiger partial charge in [0.1, 0.15) is 0 Å². The molecule has 3 nitrogen and oxygen atoms in total. The van der Waals surface area contributed by atoms with Gasteiger partial charge in [0, 0.05) is 36.2 Å². The zero-order valence-electron chi connectivity index (χ0n) is 14.3. The Hall–Kier alpha value is -2.03. The van der Waals surface area contributed by atoms with Crippen LogP contribution in [0.1, 0.15) is 48.9 Å². The van der Waals surface area contributed by atoms with E-state index >= 15 is 0 Å². The number of nitrogens with zero attached hydrogens (tertiary/aromatic N) is 2. The molecule has 2 aromatic rings. The molecule has 0 bridgehead atoms. The molecule has 24 heavy (non-hydrogen) atoms. The quantitative estimate of drug-likeness (QED) is 0.757. The van der Waals surface area contributed by atoms with Gasteiger partial charge in [-0.15, -0.1) is 6.58 Å². The van der Waals surface area contributed by atoms with Crippen LogP contribution >= 0.6 is 0 Å². The second-order valence-electron chi connectivity index (χ2n) is 7.25. The van der Waals surface area contributed by atoms with E-state index in [2.05, 4.69) is 28.2 Å². The Labute approximate surface area is 143 Å². The maximum Gasteiger partial charge on any atom is 0.256 e. The Morgan fingerprint density at radius 3 is 2.83 bits per heavy atom. The average molecular weight is 322 g/mol. The third-order valence-corrected chi connectivity index (χ3v) is 5.85. The number of hydrogen-bond donors (Lipinski definition) is 0. The van der Waals surface area contributed by atoms with Crippen molar-refractivity contribution in [1.29, 1.82) is 0 Å². The minimum Gasteiger partial charge on any atom is -0.343 e. The number of aromatic nitrogens is 1. The monoisotopic (exact) mass is 322 g/mol. The van der Waals surface area contributed by atoms with E-state index in [1.807, 2.05) is 24.4 Å². The summed E-state index contributed by atoms with van der Waals surface area (Å²) in [5.74, 6) is 0.948. The van der Waals surface area contributed by atoms with Crippen LogP contribution in [0.4, 0.5) is 0 Å². The van der Waals surface area contributed by atoms with Gasteiger partial charge in [-0.05, 0) is 37.7 Å². The largest absolute Gasteiger partial charge is 0.343 e. The lowest BCUT2D eigenvalue weighted by molar-refractivity contribution is 0.0392. The molecule has 1 saturated carbocycles. The van der Waals surface area contributed by atoms with Crippen LogP contribution in [0.2, 0.25) is 0 Å². The Balaban J connectivity index is 1.71. The van der Waals surface area contributed by atoms with Crippen LogP contribution in [0.3, 0.4) is 0 Å². The molecule has 1 aromatic heterocycles. The molecule has 2 fully saturated rings. The Morgan fingerprint density at radius 2 is 1.96 bits per heavy atom. The molecular weight excluding hydrogens is 296 g/mol. The number of rotatable bonds is 3. The highest BCUT2D eigenvalue weighted by atomic mass is 16.2. The van der Waals surface area contributed by atoms with Gasteiger partial charge in [-0.1, -0.05) is 37.1 Å². The molecule has 1 amide bonds. The topological polar surface area (TPSA) is 25.2 Å². The van der Waals surface area contributed by atoms with E-state index in [4.69, 9.17) is 0 Å². The number of piperidine rings is 1. The van der Waals surface area contributed by atoms with Crippen LogP contribution in [-0.2, 0) is 6.54 Å². The van der Waals surface area contributed by atoms with Crippen molar-refractivity contribution in [2.24, 2.45) is 5.92 Å². The first-order valence-electron chi connectivity index (χ1n) is 9.29. The molecule has 0 N–H and O–H groups in total. The molecule has 4 rings (SSSR count). The van der Waals surface area contributed by atoms with E-state index in [9.17, 15) is 4.79 Å². The number of allylic oxidation sites excluding steroid dienone is 1. The second kappa shape index (κ2) is 6.46. The summed E-state index contributed by atoms with van der Waals surface area (Å²) < 4.78 is 2.14. The lowest BCUT2D eigenvalue weighted by Gasteiger charge is -2.44. The first-order valence-corrected chi connectivity index (χ1v) is 9.29. The van der Waals surface area contributed by atoms with Crippen molar-refractivity contribution in [2.75, 3.05) is 6.54 Å². The van der Waals surface area contributed by atoms with Crippen LogP contribution < -0.4 is 0 Å². The molecule has 2 aliphatic rings. The zero-order chi connectivity index (χ0) is 16.5. The molecule has 2 atom stereocenters. The summed E-state index contributed by atoms with van der Waals surface area (Å²) in [6.45, 7) is 5.50. The van der Waals surface area contributed by atoms with Gasteiger partial charge in [-0.25, -0.2) is 0 Å².